The molecule has 0 saturated heterocycles. The predicted octanol–water partition coefficient (Wildman–Crippen LogP) is 3.11. The molecule has 0 spiro atoms. The second-order valence-electron chi connectivity index (χ2n) is 6.37. The third-order valence-electron chi connectivity index (χ3n) is 4.45. The molecule has 0 fully saturated rings. The summed E-state index contributed by atoms with van der Waals surface area (Å²) < 4.78 is 2.06. The second kappa shape index (κ2) is 13.5. The average Bonchev–Trinajstić information content (AvgIpc) is 3.12. The van der Waals surface area contributed by atoms with Crippen LogP contribution in [0, 0.1) is 0 Å². The van der Waals surface area contributed by atoms with Gasteiger partial charge in [0.15, 0.2) is 0 Å². The summed E-state index contributed by atoms with van der Waals surface area (Å²) in [5, 5.41) is 38.8. The van der Waals surface area contributed by atoms with Gasteiger partial charge in [-0.05, 0) is 11.1 Å². The highest BCUT2D eigenvalue weighted by atomic mass is 16.4. The zero-order chi connectivity index (χ0) is 24.1. The van der Waals surface area contributed by atoms with Gasteiger partial charge in [0.1, 0.15) is 0 Å². The van der Waals surface area contributed by atoms with Gasteiger partial charge in [-0.3, -0.25) is 0 Å². The fourth-order valence-electron chi connectivity index (χ4n) is 3.07. The van der Waals surface area contributed by atoms with E-state index in [0.29, 0.717) is 0 Å². The molecule has 1 heterocycles. The van der Waals surface area contributed by atoms with Crippen LogP contribution >= 0.6 is 0 Å². The number of nitrogens with zero attached hydrogens (tertiary/aromatic N) is 1. The highest BCUT2D eigenvalue weighted by molar-refractivity contribution is 5.76. The molecule has 3 rings (SSSR count). The van der Waals surface area contributed by atoms with Gasteiger partial charge in [-0.25, -0.2) is 9.59 Å². The van der Waals surface area contributed by atoms with E-state index in [0.717, 1.165) is 33.6 Å². The van der Waals surface area contributed by atoms with Crippen LogP contribution in [0.15, 0.2) is 60.7 Å². The van der Waals surface area contributed by atoms with Crippen molar-refractivity contribution in [3.63, 3.8) is 0 Å². The average molecular weight is 444 g/mol. The molecule has 9 heteroatoms. The first-order chi connectivity index (χ1) is 15.3. The van der Waals surface area contributed by atoms with E-state index >= 15 is 0 Å². The summed E-state index contributed by atoms with van der Waals surface area (Å²) in [4.78, 5) is 18.5. The lowest BCUT2D eigenvalue weighted by Crippen LogP contribution is -2.13. The summed E-state index contributed by atoms with van der Waals surface area (Å²) in [6.45, 7) is -0.193. The lowest BCUT2D eigenvalue weighted by atomic mass is 10.0. The molecule has 6 N–H and O–H groups in total. The van der Waals surface area contributed by atoms with Crippen LogP contribution in [0.25, 0.3) is 22.5 Å². The zero-order valence-corrected chi connectivity index (χ0v) is 18.2. The highest BCUT2D eigenvalue weighted by Crippen LogP contribution is 2.36. The molecule has 0 aliphatic rings. The number of hydrogen-bond donors (Lipinski definition) is 6. The Kier molecular flexibility index (Phi) is 11.0. The number of carboxylic acid groups (broad SMARTS) is 2. The monoisotopic (exact) mass is 443 g/mol. The molecule has 3 aromatic rings. The Morgan fingerprint density at radius 3 is 1.22 bits per heavy atom. The summed E-state index contributed by atoms with van der Waals surface area (Å²) >= 11 is 0. The van der Waals surface area contributed by atoms with Gasteiger partial charge < -0.3 is 35.6 Å². The Morgan fingerprint density at radius 2 is 1.00 bits per heavy atom. The number of carbonyl (C=O) groups is 2. The molecule has 172 valence electrons. The van der Waals surface area contributed by atoms with Gasteiger partial charge in [-0.2, -0.15) is 0 Å². The molecule has 2 amide bonds. The fourth-order valence-corrected chi connectivity index (χ4v) is 3.07. The largest absolute Gasteiger partial charge is 0.465 e. The first kappa shape index (κ1) is 26.2. The minimum atomic E-state index is -0.995. The third kappa shape index (κ3) is 7.15. The molecule has 0 unspecified atom stereocenters. The number of nitrogens with one attached hydrogen (secondary N) is 2. The second-order valence-corrected chi connectivity index (χ2v) is 6.37. The van der Waals surface area contributed by atoms with E-state index in [2.05, 4.69) is 4.57 Å². The van der Waals surface area contributed by atoms with E-state index in [9.17, 15) is 19.8 Å². The molecule has 0 aliphatic carbocycles. The van der Waals surface area contributed by atoms with Crippen molar-refractivity contribution in [1.29, 1.82) is 0 Å². The first-order valence-electron chi connectivity index (χ1n) is 9.66. The highest BCUT2D eigenvalue weighted by Gasteiger charge is 2.21. The Bertz CT molecular complexity index is 909. The maximum absolute atomic E-state index is 9.85. The van der Waals surface area contributed by atoms with Crippen LogP contribution in [0.2, 0.25) is 0 Å². The molecule has 9 nitrogen and oxygen atoms in total. The van der Waals surface area contributed by atoms with Crippen LogP contribution in [0.3, 0.4) is 0 Å². The number of amides is 2. The molecule has 0 atom stereocenters. The molecule has 0 saturated carbocycles. The summed E-state index contributed by atoms with van der Waals surface area (Å²) in [7, 11) is 4.67. The normalized spacial score (nSPS) is 9.53. The number of aliphatic hydroxyl groups is 2. The standard InChI is InChI=1S/C19H19NO2.2C2H5NO2/c1-20-18(14-8-4-2-5-9-14)16(12-21)17(13-22)19(20)15-10-6-3-7-11-15;2*1-3-2(4)5/h2-11,21-22H,12-13H2,1H3;2*3H,1H3,(H,4,5). The van der Waals surface area contributed by atoms with Crippen molar-refractivity contribution in [1.82, 2.24) is 15.2 Å². The Hall–Kier alpha value is -3.82. The van der Waals surface area contributed by atoms with Crippen LogP contribution < -0.4 is 10.6 Å². The van der Waals surface area contributed by atoms with Crippen molar-refractivity contribution in [3.05, 3.63) is 71.8 Å². The van der Waals surface area contributed by atoms with Crippen LogP contribution in [0.4, 0.5) is 9.59 Å². The van der Waals surface area contributed by atoms with E-state index in [1.54, 1.807) is 0 Å². The zero-order valence-electron chi connectivity index (χ0n) is 18.2. The van der Waals surface area contributed by atoms with E-state index in [1.165, 1.54) is 14.1 Å². The predicted molar refractivity (Wildman–Crippen MR) is 122 cm³/mol. The summed E-state index contributed by atoms with van der Waals surface area (Å²) in [6, 6.07) is 19.9. The summed E-state index contributed by atoms with van der Waals surface area (Å²) in [6.07, 6.45) is -1.99. The first-order valence-corrected chi connectivity index (χ1v) is 9.66. The minimum Gasteiger partial charge on any atom is -0.465 e. The molecule has 1 aromatic heterocycles. The molecule has 0 bridgehead atoms. The van der Waals surface area contributed by atoms with Crippen molar-refractivity contribution in [2.45, 2.75) is 13.2 Å². The van der Waals surface area contributed by atoms with Gasteiger partial charge in [0.25, 0.3) is 0 Å². The van der Waals surface area contributed by atoms with Crippen molar-refractivity contribution in [2.75, 3.05) is 14.1 Å². The summed E-state index contributed by atoms with van der Waals surface area (Å²) in [5.41, 5.74) is 5.54. The van der Waals surface area contributed by atoms with Gasteiger partial charge in [0, 0.05) is 32.3 Å². The topological polar surface area (TPSA) is 144 Å². The van der Waals surface area contributed by atoms with Crippen molar-refractivity contribution >= 4 is 12.2 Å². The Morgan fingerprint density at radius 1 is 0.719 bits per heavy atom. The van der Waals surface area contributed by atoms with Crippen LogP contribution in [0.5, 0.6) is 0 Å². The maximum atomic E-state index is 9.85. The van der Waals surface area contributed by atoms with Crippen molar-refractivity contribution in [3.8, 4) is 22.5 Å². The summed E-state index contributed by atoms with van der Waals surface area (Å²) in [5.74, 6) is 0. The quantitative estimate of drug-likeness (QED) is 0.366. The molecular weight excluding hydrogens is 414 g/mol. The Balaban J connectivity index is 0.000000431. The fraction of sp³-hybridized carbons (Fsp3) is 0.217. The molecular formula is C23H29N3O6. The molecule has 0 radical (unpaired) electrons. The maximum Gasteiger partial charge on any atom is 0.404 e. The number of aliphatic hydroxyl groups excluding tert-OH is 2. The smallest absolute Gasteiger partial charge is 0.404 e. The van der Waals surface area contributed by atoms with Crippen molar-refractivity contribution in [2.24, 2.45) is 7.05 Å². The van der Waals surface area contributed by atoms with Crippen LogP contribution in [0.1, 0.15) is 11.1 Å². The van der Waals surface area contributed by atoms with Gasteiger partial charge in [-0.15, -0.1) is 0 Å². The minimum absolute atomic E-state index is 0.0964. The molecule has 2 aromatic carbocycles. The van der Waals surface area contributed by atoms with Gasteiger partial charge in [0.2, 0.25) is 0 Å². The molecule has 0 aliphatic heterocycles. The lowest BCUT2D eigenvalue weighted by Gasteiger charge is -2.09. The van der Waals surface area contributed by atoms with E-state index in [-0.39, 0.29) is 13.2 Å². The van der Waals surface area contributed by atoms with E-state index < -0.39 is 12.2 Å². The number of aromatic nitrogens is 1. The SMILES string of the molecule is CNC(=O)O.CNC(=O)O.Cn1c(-c2ccccc2)c(CO)c(CO)c1-c1ccccc1. The number of rotatable bonds is 4. The van der Waals surface area contributed by atoms with Gasteiger partial charge in [0.05, 0.1) is 24.6 Å². The van der Waals surface area contributed by atoms with E-state index in [4.69, 9.17) is 10.2 Å². The number of benzene rings is 2. The van der Waals surface area contributed by atoms with Gasteiger partial charge >= 0.3 is 12.2 Å². The number of hydrogen-bond acceptors (Lipinski definition) is 4. The lowest BCUT2D eigenvalue weighted by molar-refractivity contribution is 0.196. The Labute approximate surface area is 186 Å². The van der Waals surface area contributed by atoms with Gasteiger partial charge in [-0.1, -0.05) is 60.7 Å². The van der Waals surface area contributed by atoms with Crippen molar-refractivity contribution < 1.29 is 30.0 Å². The van der Waals surface area contributed by atoms with Crippen LogP contribution in [-0.2, 0) is 20.3 Å². The van der Waals surface area contributed by atoms with Crippen LogP contribution in [-0.4, -0.2) is 51.3 Å². The van der Waals surface area contributed by atoms with E-state index in [1.807, 2.05) is 78.3 Å². The third-order valence-corrected chi connectivity index (χ3v) is 4.45. The molecule has 32 heavy (non-hydrogen) atoms.